The predicted octanol–water partition coefficient (Wildman–Crippen LogP) is 13.6. The molecule has 0 bridgehead atoms. The first-order valence-corrected chi connectivity index (χ1v) is 21.4. The molecule has 6 nitrogen and oxygen atoms in total. The van der Waals surface area contributed by atoms with Crippen LogP contribution in [0.1, 0.15) is 162 Å². The summed E-state index contributed by atoms with van der Waals surface area (Å²) < 4.78 is 16.5. The first-order valence-electron chi connectivity index (χ1n) is 21.4. The Kier molecular flexibility index (Phi) is 39.7. The summed E-state index contributed by atoms with van der Waals surface area (Å²) in [6, 6.07) is 0. The number of hydrogen-bond acceptors (Lipinski definition) is 6. The van der Waals surface area contributed by atoms with Crippen molar-refractivity contribution < 1.29 is 28.6 Å². The zero-order valence-electron chi connectivity index (χ0n) is 34.9. The number of unbranched alkanes of at least 4 members (excludes halogenated alkanes) is 8. The summed E-state index contributed by atoms with van der Waals surface area (Å²) in [5.74, 6) is -1.13. The lowest BCUT2D eigenvalue weighted by Crippen LogP contribution is -2.30. The van der Waals surface area contributed by atoms with Crippen LogP contribution in [0.5, 0.6) is 0 Å². The molecule has 1 atom stereocenters. The van der Waals surface area contributed by atoms with Gasteiger partial charge >= 0.3 is 17.9 Å². The second kappa shape index (κ2) is 42.8. The third-order valence-electron chi connectivity index (χ3n) is 8.31. The Morgan fingerprint density at radius 3 is 1.27 bits per heavy atom. The van der Waals surface area contributed by atoms with E-state index < -0.39 is 12.1 Å². The monoisotopic (exact) mass is 761 g/mol. The zero-order valence-corrected chi connectivity index (χ0v) is 34.9. The SMILES string of the molecule is CC/C=C\C/C=C\C/C=C\C/C=C\C/C=C\CC(=O)OCC(COC(=O)CCCCCCCCC)OC(=O)CCCC/C=C\C/C=C\C/C=C\C/C=C\CC. The molecule has 0 aliphatic carbocycles. The van der Waals surface area contributed by atoms with Crippen molar-refractivity contribution in [3.05, 3.63) is 109 Å². The Bertz CT molecular complexity index is 1200. The Morgan fingerprint density at radius 2 is 0.782 bits per heavy atom. The average Bonchev–Trinajstić information content (AvgIpc) is 3.18. The summed E-state index contributed by atoms with van der Waals surface area (Å²) in [5, 5.41) is 0. The van der Waals surface area contributed by atoms with Crippen LogP contribution >= 0.6 is 0 Å². The maximum atomic E-state index is 12.7. The van der Waals surface area contributed by atoms with Gasteiger partial charge < -0.3 is 14.2 Å². The summed E-state index contributed by atoms with van der Waals surface area (Å²) in [6.07, 6.45) is 56.8. The van der Waals surface area contributed by atoms with Crippen LogP contribution in [0.4, 0.5) is 0 Å². The summed E-state index contributed by atoms with van der Waals surface area (Å²) in [5.41, 5.74) is 0. The standard InChI is InChI=1S/C49H76O6/c1-4-7-10-13-16-18-20-22-24-26-28-30-33-36-39-42-48(51)54-45-46(44-53-47(50)41-38-35-32-15-12-9-6-3)55-49(52)43-40-37-34-31-29-27-25-23-21-19-17-14-11-8-5-2/h7-8,10-11,16-19,22-25,28-31,36,39,46H,4-6,9,12-15,20-21,26-27,32-35,37-38,40-45H2,1-3H3/b10-7-,11-8-,18-16-,19-17-,24-22-,25-23-,30-28-,31-29-,39-36-. The fourth-order valence-electron chi connectivity index (χ4n) is 5.15. The second-order valence-electron chi connectivity index (χ2n) is 13.5. The van der Waals surface area contributed by atoms with E-state index in [1.165, 1.54) is 25.7 Å². The van der Waals surface area contributed by atoms with Gasteiger partial charge in [-0.15, -0.1) is 0 Å². The van der Waals surface area contributed by atoms with E-state index in [1.54, 1.807) is 6.08 Å². The number of hydrogen-bond donors (Lipinski definition) is 0. The minimum Gasteiger partial charge on any atom is -0.462 e. The maximum Gasteiger partial charge on any atom is 0.309 e. The molecule has 0 heterocycles. The highest BCUT2D eigenvalue weighted by Gasteiger charge is 2.19. The van der Waals surface area contributed by atoms with Crippen molar-refractivity contribution in [2.75, 3.05) is 13.2 Å². The van der Waals surface area contributed by atoms with Gasteiger partial charge in [0.15, 0.2) is 6.10 Å². The molecule has 0 aromatic heterocycles. The highest BCUT2D eigenvalue weighted by atomic mass is 16.6. The lowest BCUT2D eigenvalue weighted by molar-refractivity contribution is -0.166. The largest absolute Gasteiger partial charge is 0.462 e. The molecule has 0 spiro atoms. The van der Waals surface area contributed by atoms with Gasteiger partial charge in [0.05, 0.1) is 6.42 Å². The van der Waals surface area contributed by atoms with Gasteiger partial charge in [-0.25, -0.2) is 0 Å². The van der Waals surface area contributed by atoms with Crippen molar-refractivity contribution in [3.8, 4) is 0 Å². The van der Waals surface area contributed by atoms with Gasteiger partial charge in [0.1, 0.15) is 13.2 Å². The average molecular weight is 761 g/mol. The number of carbonyl (C=O) groups is 3. The van der Waals surface area contributed by atoms with Gasteiger partial charge in [-0.3, -0.25) is 14.4 Å². The van der Waals surface area contributed by atoms with Crippen molar-refractivity contribution in [2.24, 2.45) is 0 Å². The van der Waals surface area contributed by atoms with E-state index in [0.717, 1.165) is 89.9 Å². The summed E-state index contributed by atoms with van der Waals surface area (Å²) in [4.78, 5) is 37.5. The lowest BCUT2D eigenvalue weighted by Gasteiger charge is -2.18. The van der Waals surface area contributed by atoms with E-state index in [-0.39, 0.29) is 38.0 Å². The second-order valence-corrected chi connectivity index (χ2v) is 13.5. The molecule has 6 heteroatoms. The van der Waals surface area contributed by atoms with Crippen LogP contribution in [0, 0.1) is 0 Å². The smallest absolute Gasteiger partial charge is 0.309 e. The van der Waals surface area contributed by atoms with Gasteiger partial charge in [-0.2, -0.15) is 0 Å². The molecule has 0 saturated carbocycles. The molecule has 0 aromatic carbocycles. The van der Waals surface area contributed by atoms with E-state index >= 15 is 0 Å². The topological polar surface area (TPSA) is 78.9 Å². The van der Waals surface area contributed by atoms with Crippen molar-refractivity contribution in [2.45, 2.75) is 168 Å². The Balaban J connectivity index is 4.57. The number of ether oxygens (including phenoxy) is 3. The predicted molar refractivity (Wildman–Crippen MR) is 233 cm³/mol. The highest BCUT2D eigenvalue weighted by molar-refractivity contribution is 5.72. The Morgan fingerprint density at radius 1 is 0.400 bits per heavy atom. The summed E-state index contributed by atoms with van der Waals surface area (Å²) in [7, 11) is 0. The minimum atomic E-state index is -0.836. The van der Waals surface area contributed by atoms with Gasteiger partial charge in [-0.05, 0) is 83.5 Å². The van der Waals surface area contributed by atoms with Crippen LogP contribution in [0.25, 0.3) is 0 Å². The normalized spacial score (nSPS) is 13.1. The van der Waals surface area contributed by atoms with E-state index in [1.807, 2.05) is 6.08 Å². The Labute approximate surface area is 336 Å². The van der Waals surface area contributed by atoms with Crippen molar-refractivity contribution in [1.29, 1.82) is 0 Å². The third-order valence-corrected chi connectivity index (χ3v) is 8.31. The number of carbonyl (C=O) groups excluding carboxylic acids is 3. The van der Waals surface area contributed by atoms with Crippen molar-refractivity contribution in [3.63, 3.8) is 0 Å². The number of rotatable bonds is 36. The number of esters is 3. The molecule has 0 saturated heterocycles. The van der Waals surface area contributed by atoms with Crippen LogP contribution < -0.4 is 0 Å². The molecule has 0 fully saturated rings. The van der Waals surface area contributed by atoms with Crippen LogP contribution in [0.2, 0.25) is 0 Å². The van der Waals surface area contributed by atoms with Crippen LogP contribution in [-0.4, -0.2) is 37.2 Å². The van der Waals surface area contributed by atoms with E-state index in [4.69, 9.17) is 14.2 Å². The van der Waals surface area contributed by atoms with Crippen LogP contribution in [-0.2, 0) is 28.6 Å². The Hall–Kier alpha value is -3.93. The van der Waals surface area contributed by atoms with Crippen LogP contribution in [0.15, 0.2) is 109 Å². The fourth-order valence-corrected chi connectivity index (χ4v) is 5.15. The first-order chi connectivity index (χ1) is 27.0. The van der Waals surface area contributed by atoms with Crippen LogP contribution in [0.3, 0.4) is 0 Å². The van der Waals surface area contributed by atoms with Gasteiger partial charge in [0, 0.05) is 12.8 Å². The van der Waals surface area contributed by atoms with E-state index in [0.29, 0.717) is 12.8 Å². The number of allylic oxidation sites excluding steroid dienone is 17. The molecule has 0 rings (SSSR count). The molecule has 0 aromatic rings. The molecule has 0 aliphatic rings. The van der Waals surface area contributed by atoms with Gasteiger partial charge in [0.2, 0.25) is 0 Å². The highest BCUT2D eigenvalue weighted by Crippen LogP contribution is 2.10. The van der Waals surface area contributed by atoms with E-state index in [2.05, 4.69) is 118 Å². The van der Waals surface area contributed by atoms with Crippen molar-refractivity contribution in [1.82, 2.24) is 0 Å². The molecular weight excluding hydrogens is 685 g/mol. The molecule has 0 amide bonds. The summed E-state index contributed by atoms with van der Waals surface area (Å²) in [6.45, 7) is 6.19. The zero-order chi connectivity index (χ0) is 40.1. The molecule has 0 N–H and O–H groups in total. The van der Waals surface area contributed by atoms with Gasteiger partial charge in [-0.1, -0.05) is 169 Å². The maximum absolute atomic E-state index is 12.7. The molecule has 0 radical (unpaired) electrons. The minimum absolute atomic E-state index is 0.115. The van der Waals surface area contributed by atoms with E-state index in [9.17, 15) is 14.4 Å². The molecule has 55 heavy (non-hydrogen) atoms. The fraction of sp³-hybridized carbons (Fsp3) is 0.571. The van der Waals surface area contributed by atoms with Gasteiger partial charge in [0.25, 0.3) is 0 Å². The van der Waals surface area contributed by atoms with Crippen molar-refractivity contribution >= 4 is 17.9 Å². The third kappa shape index (κ3) is 41.1. The molecule has 0 aliphatic heterocycles. The first kappa shape index (κ1) is 51.1. The molecular formula is C49H76O6. The quantitative estimate of drug-likeness (QED) is 0.0274. The molecule has 308 valence electrons. The lowest BCUT2D eigenvalue weighted by atomic mass is 10.1. The summed E-state index contributed by atoms with van der Waals surface area (Å²) >= 11 is 0. The molecule has 1 unspecified atom stereocenters.